The van der Waals surface area contributed by atoms with Gasteiger partial charge in [-0.3, -0.25) is 9.59 Å². The summed E-state index contributed by atoms with van der Waals surface area (Å²) in [5.74, 6) is 0.845. The Morgan fingerprint density at radius 1 is 0.966 bits per heavy atom. The number of esters is 1. The van der Waals surface area contributed by atoms with E-state index >= 15 is 0 Å². The minimum Gasteiger partial charge on any atom is -0.460 e. The molecule has 2 rings (SSSR count). The lowest BCUT2D eigenvalue weighted by atomic mass is 9.61. The van der Waals surface area contributed by atoms with Crippen LogP contribution in [0, 0.1) is 17.3 Å². The van der Waals surface area contributed by atoms with Crippen LogP contribution in [0.5, 0.6) is 0 Å². The summed E-state index contributed by atoms with van der Waals surface area (Å²) in [6, 6.07) is 0. The zero-order valence-electron chi connectivity index (χ0n) is 18.6. The van der Waals surface area contributed by atoms with Crippen molar-refractivity contribution in [1.82, 2.24) is 16.0 Å². The van der Waals surface area contributed by atoms with Crippen LogP contribution in [0.15, 0.2) is 0 Å². The minimum absolute atomic E-state index is 0.00857. The summed E-state index contributed by atoms with van der Waals surface area (Å²) in [6.07, 6.45) is 5.61. The molecule has 0 unspecified atom stereocenters. The summed E-state index contributed by atoms with van der Waals surface area (Å²) in [6.45, 7) is 10.9. The van der Waals surface area contributed by atoms with Gasteiger partial charge >= 0.3 is 5.97 Å². The number of piperidine rings is 2. The Hall–Kier alpha value is -1.18. The molecule has 7 nitrogen and oxygen atoms in total. The van der Waals surface area contributed by atoms with Crippen LogP contribution in [0.3, 0.4) is 0 Å². The van der Waals surface area contributed by atoms with Gasteiger partial charge in [-0.2, -0.15) is 0 Å². The maximum atomic E-state index is 12.5. The Labute approximate surface area is 176 Å². The van der Waals surface area contributed by atoms with Crippen molar-refractivity contribution in [2.75, 3.05) is 39.3 Å². The molecule has 168 valence electrons. The van der Waals surface area contributed by atoms with Gasteiger partial charge in [-0.05, 0) is 90.9 Å². The molecule has 0 saturated carbocycles. The van der Waals surface area contributed by atoms with E-state index in [0.717, 1.165) is 51.9 Å². The lowest BCUT2D eigenvalue weighted by Crippen LogP contribution is -2.56. The van der Waals surface area contributed by atoms with Crippen molar-refractivity contribution in [2.24, 2.45) is 23.0 Å². The Balaban J connectivity index is 1.89. The zero-order chi connectivity index (χ0) is 21.3. The van der Waals surface area contributed by atoms with E-state index in [1.54, 1.807) is 0 Å². The summed E-state index contributed by atoms with van der Waals surface area (Å²) in [5.41, 5.74) is 5.88. The monoisotopic (exact) mass is 410 g/mol. The van der Waals surface area contributed by atoms with Crippen LogP contribution < -0.4 is 21.7 Å². The van der Waals surface area contributed by atoms with Gasteiger partial charge in [-0.25, -0.2) is 0 Å². The fourth-order valence-corrected chi connectivity index (χ4v) is 4.96. The first kappa shape index (κ1) is 24.1. The largest absolute Gasteiger partial charge is 0.460 e. The third-order valence-electron chi connectivity index (χ3n) is 6.50. The number of rotatable bonds is 9. The van der Waals surface area contributed by atoms with Crippen LogP contribution in [0.4, 0.5) is 0 Å². The lowest BCUT2D eigenvalue weighted by molar-refractivity contribution is -0.154. The van der Waals surface area contributed by atoms with Crippen molar-refractivity contribution in [2.45, 2.75) is 71.3 Å². The van der Waals surface area contributed by atoms with Gasteiger partial charge in [0.2, 0.25) is 5.91 Å². The molecule has 0 atom stereocenters. The van der Waals surface area contributed by atoms with Crippen LogP contribution >= 0.6 is 0 Å². The van der Waals surface area contributed by atoms with E-state index in [9.17, 15) is 9.59 Å². The number of ether oxygens (including phenoxy) is 1. The SMILES string of the molecule is CC(C)(C)OC(=O)CCCC(=O)NCC(CN)(C1CCNCC1)C1CCNCC1. The molecule has 0 radical (unpaired) electrons. The van der Waals surface area contributed by atoms with Crippen LogP contribution in [-0.2, 0) is 14.3 Å². The maximum Gasteiger partial charge on any atom is 0.306 e. The Morgan fingerprint density at radius 3 is 1.93 bits per heavy atom. The fourth-order valence-electron chi connectivity index (χ4n) is 4.96. The summed E-state index contributed by atoms with van der Waals surface area (Å²) in [7, 11) is 0. The van der Waals surface area contributed by atoms with Crippen molar-refractivity contribution in [1.29, 1.82) is 0 Å². The highest BCUT2D eigenvalue weighted by molar-refractivity contribution is 5.77. The number of hydrogen-bond donors (Lipinski definition) is 4. The standard InChI is InChI=1S/C22H42N4O3/c1-21(2,3)29-20(28)6-4-5-19(27)26-16-22(15-23,17-7-11-24-12-8-17)18-9-13-25-14-10-18/h17-18,24-25H,4-16,23H2,1-3H3,(H,26,27). The third-order valence-corrected chi connectivity index (χ3v) is 6.50. The summed E-state index contributed by atoms with van der Waals surface area (Å²) in [4.78, 5) is 24.3. The van der Waals surface area contributed by atoms with Crippen LogP contribution in [0.1, 0.15) is 65.7 Å². The number of carbonyl (C=O) groups excluding carboxylic acids is 2. The van der Waals surface area contributed by atoms with Crippen LogP contribution in [-0.4, -0.2) is 56.7 Å². The zero-order valence-corrected chi connectivity index (χ0v) is 18.6. The second-order valence-electron chi connectivity index (χ2n) is 9.70. The molecule has 2 aliphatic rings. The quantitative estimate of drug-likeness (QED) is 0.430. The van der Waals surface area contributed by atoms with E-state index in [0.29, 0.717) is 37.8 Å². The molecule has 0 aromatic heterocycles. The molecule has 0 aromatic rings. The topological polar surface area (TPSA) is 105 Å². The minimum atomic E-state index is -0.482. The predicted molar refractivity (Wildman–Crippen MR) is 115 cm³/mol. The van der Waals surface area contributed by atoms with Gasteiger partial charge in [0.1, 0.15) is 5.60 Å². The molecule has 0 aromatic carbocycles. The third kappa shape index (κ3) is 7.54. The average Bonchev–Trinajstić information content (AvgIpc) is 2.69. The number of nitrogens with two attached hydrogens (primary N) is 1. The maximum absolute atomic E-state index is 12.5. The molecule has 2 fully saturated rings. The van der Waals surface area contributed by atoms with Crippen molar-refractivity contribution >= 4 is 11.9 Å². The Kier molecular flexibility index (Phi) is 9.37. The second-order valence-corrected chi connectivity index (χ2v) is 9.70. The van der Waals surface area contributed by atoms with E-state index in [2.05, 4.69) is 16.0 Å². The van der Waals surface area contributed by atoms with Gasteiger partial charge < -0.3 is 26.4 Å². The Morgan fingerprint density at radius 2 is 1.48 bits per heavy atom. The van der Waals surface area contributed by atoms with Crippen molar-refractivity contribution < 1.29 is 14.3 Å². The molecule has 1 amide bonds. The first-order valence-electron chi connectivity index (χ1n) is 11.4. The first-order chi connectivity index (χ1) is 13.8. The predicted octanol–water partition coefficient (Wildman–Crippen LogP) is 1.56. The highest BCUT2D eigenvalue weighted by Gasteiger charge is 2.44. The molecule has 0 aliphatic carbocycles. The number of carbonyl (C=O) groups is 2. The van der Waals surface area contributed by atoms with Gasteiger partial charge in [0.25, 0.3) is 0 Å². The number of amides is 1. The van der Waals surface area contributed by atoms with Gasteiger partial charge in [-0.15, -0.1) is 0 Å². The van der Waals surface area contributed by atoms with Gasteiger partial charge in [0.15, 0.2) is 0 Å². The van der Waals surface area contributed by atoms with Crippen molar-refractivity contribution in [3.63, 3.8) is 0 Å². The normalized spacial score (nSPS) is 19.7. The smallest absolute Gasteiger partial charge is 0.306 e. The fraction of sp³-hybridized carbons (Fsp3) is 0.909. The summed E-state index contributed by atoms with van der Waals surface area (Å²) in [5, 5.41) is 10.1. The van der Waals surface area contributed by atoms with Gasteiger partial charge in [0, 0.05) is 31.3 Å². The molecule has 0 bridgehead atoms. The average molecular weight is 411 g/mol. The molecule has 2 saturated heterocycles. The van der Waals surface area contributed by atoms with E-state index in [1.807, 2.05) is 20.8 Å². The number of hydrogen-bond acceptors (Lipinski definition) is 6. The molecule has 5 N–H and O–H groups in total. The van der Waals surface area contributed by atoms with E-state index in [-0.39, 0.29) is 23.7 Å². The highest BCUT2D eigenvalue weighted by atomic mass is 16.6. The van der Waals surface area contributed by atoms with E-state index < -0.39 is 5.60 Å². The molecule has 0 spiro atoms. The van der Waals surface area contributed by atoms with Crippen molar-refractivity contribution in [3.05, 3.63) is 0 Å². The summed E-state index contributed by atoms with van der Waals surface area (Å²) >= 11 is 0. The molecular formula is C22H42N4O3. The van der Waals surface area contributed by atoms with Gasteiger partial charge in [-0.1, -0.05) is 0 Å². The second kappa shape index (κ2) is 11.3. The Bertz CT molecular complexity index is 503. The highest BCUT2D eigenvalue weighted by Crippen LogP contribution is 2.43. The van der Waals surface area contributed by atoms with Gasteiger partial charge in [0.05, 0.1) is 0 Å². The first-order valence-corrected chi connectivity index (χ1v) is 11.4. The molecule has 2 aliphatic heterocycles. The number of nitrogens with one attached hydrogen (secondary N) is 3. The molecule has 2 heterocycles. The van der Waals surface area contributed by atoms with Crippen molar-refractivity contribution in [3.8, 4) is 0 Å². The lowest BCUT2D eigenvalue weighted by Gasteiger charge is -2.49. The molecule has 29 heavy (non-hydrogen) atoms. The van der Waals surface area contributed by atoms with E-state index in [4.69, 9.17) is 10.5 Å². The van der Waals surface area contributed by atoms with E-state index in [1.165, 1.54) is 0 Å². The van der Waals surface area contributed by atoms with Crippen LogP contribution in [0.25, 0.3) is 0 Å². The molecule has 7 heteroatoms. The van der Waals surface area contributed by atoms with Crippen LogP contribution in [0.2, 0.25) is 0 Å². The molecular weight excluding hydrogens is 368 g/mol. The summed E-state index contributed by atoms with van der Waals surface area (Å²) < 4.78 is 5.31.